The Bertz CT molecular complexity index is 270. The molecule has 3 heteroatoms. The van der Waals surface area contributed by atoms with Gasteiger partial charge in [0.15, 0.2) is 0 Å². The van der Waals surface area contributed by atoms with Crippen molar-refractivity contribution in [1.82, 2.24) is 0 Å². The third kappa shape index (κ3) is 2.57. The summed E-state index contributed by atoms with van der Waals surface area (Å²) in [7, 11) is 0. The summed E-state index contributed by atoms with van der Waals surface area (Å²) in [6, 6.07) is 6.00. The Labute approximate surface area is 75.0 Å². The molecule has 0 saturated heterocycles. The van der Waals surface area contributed by atoms with E-state index in [1.165, 1.54) is 4.21 Å². The fourth-order valence-electron chi connectivity index (χ4n) is 0.676. The van der Waals surface area contributed by atoms with Crippen LogP contribution < -0.4 is 0 Å². The van der Waals surface area contributed by atoms with Gasteiger partial charge in [-0.3, -0.25) is 0 Å². The minimum absolute atomic E-state index is 0.597. The number of thiophene rings is 1. The van der Waals surface area contributed by atoms with Crippen molar-refractivity contribution < 1.29 is 0 Å². The first kappa shape index (κ1) is 8.63. The van der Waals surface area contributed by atoms with Crippen LogP contribution in [0.1, 0.15) is 18.7 Å². The minimum Gasteiger partial charge on any atom is -0.192 e. The lowest BCUT2D eigenvalue weighted by molar-refractivity contribution is 1.11. The van der Waals surface area contributed by atoms with Gasteiger partial charge >= 0.3 is 0 Å². The van der Waals surface area contributed by atoms with Gasteiger partial charge in [0, 0.05) is 5.25 Å². The fraction of sp³-hybridized carbons (Fsp3) is 0.375. The van der Waals surface area contributed by atoms with Gasteiger partial charge in [0.25, 0.3) is 0 Å². The van der Waals surface area contributed by atoms with Crippen molar-refractivity contribution in [3.05, 3.63) is 17.0 Å². The Morgan fingerprint density at radius 2 is 2.27 bits per heavy atom. The average molecular weight is 183 g/mol. The molecule has 11 heavy (non-hydrogen) atoms. The number of hydrogen-bond acceptors (Lipinski definition) is 3. The van der Waals surface area contributed by atoms with E-state index in [-0.39, 0.29) is 0 Å². The highest BCUT2D eigenvalue weighted by molar-refractivity contribution is 8.01. The molecule has 0 aliphatic rings. The van der Waals surface area contributed by atoms with Crippen molar-refractivity contribution in [3.63, 3.8) is 0 Å². The maximum Gasteiger partial charge on any atom is 0.110 e. The number of nitriles is 1. The first-order chi connectivity index (χ1) is 5.22. The van der Waals surface area contributed by atoms with Gasteiger partial charge in [0.2, 0.25) is 0 Å². The van der Waals surface area contributed by atoms with Crippen LogP contribution >= 0.6 is 23.1 Å². The van der Waals surface area contributed by atoms with Crippen LogP contribution in [0, 0.1) is 11.3 Å². The van der Waals surface area contributed by atoms with Gasteiger partial charge < -0.3 is 0 Å². The molecule has 58 valence electrons. The van der Waals surface area contributed by atoms with E-state index >= 15 is 0 Å². The van der Waals surface area contributed by atoms with E-state index in [9.17, 15) is 0 Å². The zero-order valence-electron chi connectivity index (χ0n) is 6.50. The van der Waals surface area contributed by atoms with Crippen LogP contribution in [0.15, 0.2) is 16.3 Å². The van der Waals surface area contributed by atoms with Gasteiger partial charge in [-0.15, -0.1) is 23.1 Å². The van der Waals surface area contributed by atoms with Crippen molar-refractivity contribution in [1.29, 1.82) is 5.26 Å². The van der Waals surface area contributed by atoms with E-state index in [1.807, 2.05) is 12.1 Å². The predicted molar refractivity (Wildman–Crippen MR) is 50.0 cm³/mol. The van der Waals surface area contributed by atoms with Crippen molar-refractivity contribution in [3.8, 4) is 6.07 Å². The lowest BCUT2D eigenvalue weighted by atomic mass is 10.5. The van der Waals surface area contributed by atoms with E-state index in [1.54, 1.807) is 23.1 Å². The van der Waals surface area contributed by atoms with Crippen molar-refractivity contribution >= 4 is 23.1 Å². The second-order valence-electron chi connectivity index (χ2n) is 2.40. The van der Waals surface area contributed by atoms with E-state index in [0.29, 0.717) is 5.25 Å². The summed E-state index contributed by atoms with van der Waals surface area (Å²) < 4.78 is 1.23. The zero-order chi connectivity index (χ0) is 8.27. The quantitative estimate of drug-likeness (QED) is 0.658. The molecule has 0 radical (unpaired) electrons. The monoisotopic (exact) mass is 183 g/mol. The van der Waals surface area contributed by atoms with Crippen LogP contribution in [0.3, 0.4) is 0 Å². The molecular weight excluding hydrogens is 174 g/mol. The number of hydrogen-bond donors (Lipinski definition) is 0. The Morgan fingerprint density at radius 3 is 2.73 bits per heavy atom. The van der Waals surface area contributed by atoms with Gasteiger partial charge in [0.05, 0.1) is 4.21 Å². The number of thioether (sulfide) groups is 1. The Hall–Kier alpha value is -0.460. The van der Waals surface area contributed by atoms with Crippen molar-refractivity contribution in [2.75, 3.05) is 0 Å². The lowest BCUT2D eigenvalue weighted by Crippen LogP contribution is -1.81. The molecule has 0 saturated carbocycles. The largest absolute Gasteiger partial charge is 0.192 e. The summed E-state index contributed by atoms with van der Waals surface area (Å²) in [4.78, 5) is 0.799. The number of nitrogens with zero attached hydrogens (tertiary/aromatic N) is 1. The summed E-state index contributed by atoms with van der Waals surface area (Å²) >= 11 is 3.37. The average Bonchev–Trinajstić information content (AvgIpc) is 2.34. The van der Waals surface area contributed by atoms with Crippen LogP contribution in [-0.2, 0) is 0 Å². The minimum atomic E-state index is 0.597. The third-order valence-corrected chi connectivity index (χ3v) is 3.21. The van der Waals surface area contributed by atoms with Crippen LogP contribution in [-0.4, -0.2) is 5.25 Å². The molecule has 1 aromatic heterocycles. The zero-order valence-corrected chi connectivity index (χ0v) is 8.13. The first-order valence-corrected chi connectivity index (χ1v) is 5.08. The van der Waals surface area contributed by atoms with Crippen molar-refractivity contribution in [2.24, 2.45) is 0 Å². The highest BCUT2D eigenvalue weighted by Crippen LogP contribution is 2.29. The maximum atomic E-state index is 8.54. The van der Waals surface area contributed by atoms with Gasteiger partial charge in [-0.2, -0.15) is 5.26 Å². The van der Waals surface area contributed by atoms with Gasteiger partial charge in [-0.1, -0.05) is 13.8 Å². The topological polar surface area (TPSA) is 23.8 Å². The molecule has 0 bridgehead atoms. The van der Waals surface area contributed by atoms with E-state index in [2.05, 4.69) is 19.9 Å². The SMILES string of the molecule is CC(C)Sc1ccc(C#N)s1. The standard InChI is InChI=1S/C8H9NS2/c1-6(2)10-8-4-3-7(5-9)11-8/h3-4,6H,1-2H3. The summed E-state index contributed by atoms with van der Waals surface area (Å²) in [5.74, 6) is 0. The highest BCUT2D eigenvalue weighted by atomic mass is 32.2. The Kier molecular flexibility index (Phi) is 2.98. The number of rotatable bonds is 2. The summed E-state index contributed by atoms with van der Waals surface area (Å²) in [5.41, 5.74) is 0. The molecule has 0 atom stereocenters. The Morgan fingerprint density at radius 1 is 1.55 bits per heavy atom. The molecule has 1 aromatic rings. The summed E-state index contributed by atoms with van der Waals surface area (Å²) in [5, 5.41) is 9.13. The van der Waals surface area contributed by atoms with Gasteiger partial charge in [0.1, 0.15) is 10.9 Å². The van der Waals surface area contributed by atoms with Crippen LogP contribution in [0.2, 0.25) is 0 Å². The summed E-state index contributed by atoms with van der Waals surface area (Å²) in [6.07, 6.45) is 0. The van der Waals surface area contributed by atoms with Crippen LogP contribution in [0.5, 0.6) is 0 Å². The second-order valence-corrected chi connectivity index (χ2v) is 5.36. The molecular formula is C8H9NS2. The molecule has 0 unspecified atom stereocenters. The molecule has 0 aliphatic heterocycles. The van der Waals surface area contributed by atoms with Crippen LogP contribution in [0.25, 0.3) is 0 Å². The Balaban J connectivity index is 2.67. The first-order valence-electron chi connectivity index (χ1n) is 3.39. The predicted octanol–water partition coefficient (Wildman–Crippen LogP) is 3.12. The van der Waals surface area contributed by atoms with E-state index < -0.39 is 0 Å². The van der Waals surface area contributed by atoms with Gasteiger partial charge in [-0.05, 0) is 12.1 Å². The maximum absolute atomic E-state index is 8.54. The lowest BCUT2D eigenvalue weighted by Gasteiger charge is -1.98. The van der Waals surface area contributed by atoms with E-state index in [0.717, 1.165) is 4.88 Å². The molecule has 0 aromatic carbocycles. The van der Waals surface area contributed by atoms with Crippen molar-refractivity contribution in [2.45, 2.75) is 23.3 Å². The highest BCUT2D eigenvalue weighted by Gasteiger charge is 2.01. The fourth-order valence-corrected chi connectivity index (χ4v) is 2.86. The molecule has 0 spiro atoms. The molecule has 0 amide bonds. The van der Waals surface area contributed by atoms with Crippen LogP contribution in [0.4, 0.5) is 0 Å². The molecule has 1 rings (SSSR count). The molecule has 0 fully saturated rings. The normalized spacial score (nSPS) is 10.0. The van der Waals surface area contributed by atoms with Gasteiger partial charge in [-0.25, -0.2) is 0 Å². The smallest absolute Gasteiger partial charge is 0.110 e. The molecule has 1 nitrogen and oxygen atoms in total. The second kappa shape index (κ2) is 3.80. The molecule has 1 heterocycles. The molecule has 0 N–H and O–H groups in total. The third-order valence-electron chi connectivity index (χ3n) is 1.04. The van der Waals surface area contributed by atoms with E-state index in [4.69, 9.17) is 5.26 Å². The molecule has 0 aliphatic carbocycles. The summed E-state index contributed by atoms with van der Waals surface area (Å²) in [6.45, 7) is 4.30.